The van der Waals surface area contributed by atoms with E-state index in [0.717, 1.165) is 31.4 Å². The predicted octanol–water partition coefficient (Wildman–Crippen LogP) is 8.18. The zero-order chi connectivity index (χ0) is 23.3. The molecule has 2 unspecified atom stereocenters. The first-order valence-electron chi connectivity index (χ1n) is 12.1. The van der Waals surface area contributed by atoms with Gasteiger partial charge in [0.2, 0.25) is 0 Å². The Balaban J connectivity index is 1.52. The maximum absolute atomic E-state index is 13.2. The second-order valence-electron chi connectivity index (χ2n) is 9.44. The van der Waals surface area contributed by atoms with Crippen molar-refractivity contribution in [3.05, 3.63) is 83.9 Å². The largest absolute Gasteiger partial charge is 0.391 e. The van der Waals surface area contributed by atoms with Crippen molar-refractivity contribution in [3.8, 4) is 0 Å². The van der Waals surface area contributed by atoms with Crippen LogP contribution >= 0.6 is 0 Å². The van der Waals surface area contributed by atoms with Crippen LogP contribution in [0.2, 0.25) is 0 Å². The van der Waals surface area contributed by atoms with Crippen molar-refractivity contribution in [1.29, 1.82) is 0 Å². The van der Waals surface area contributed by atoms with Gasteiger partial charge in [0.1, 0.15) is 6.54 Å². The van der Waals surface area contributed by atoms with Gasteiger partial charge in [-0.05, 0) is 48.1 Å². The van der Waals surface area contributed by atoms with E-state index in [1.165, 1.54) is 16.3 Å². The Labute approximate surface area is 195 Å². The van der Waals surface area contributed by atoms with Crippen molar-refractivity contribution in [2.75, 3.05) is 6.54 Å². The maximum Gasteiger partial charge on any atom is 0.391 e. The van der Waals surface area contributed by atoms with Crippen LogP contribution in [0, 0.1) is 11.8 Å². The average Bonchev–Trinajstić information content (AvgIpc) is 2.83. The van der Waals surface area contributed by atoms with Gasteiger partial charge in [0, 0.05) is 24.5 Å². The molecule has 3 atom stereocenters. The number of benzene rings is 3. The van der Waals surface area contributed by atoms with Gasteiger partial charge in [-0.2, -0.15) is 13.2 Å². The third-order valence-corrected chi connectivity index (χ3v) is 7.16. The normalized spacial score (nSPS) is 20.7. The highest BCUT2D eigenvalue weighted by Gasteiger charge is 2.42. The lowest BCUT2D eigenvalue weighted by Crippen LogP contribution is -2.29. The van der Waals surface area contributed by atoms with Gasteiger partial charge in [0.15, 0.2) is 12.3 Å². The summed E-state index contributed by atoms with van der Waals surface area (Å²) in [5.41, 5.74) is 2.41. The van der Waals surface area contributed by atoms with Crippen LogP contribution in [0.1, 0.15) is 62.6 Å². The zero-order valence-electron chi connectivity index (χ0n) is 19.3. The van der Waals surface area contributed by atoms with Crippen molar-refractivity contribution < 1.29 is 17.7 Å². The van der Waals surface area contributed by atoms with E-state index in [9.17, 15) is 13.2 Å². The summed E-state index contributed by atoms with van der Waals surface area (Å²) < 4.78 is 42.0. The van der Waals surface area contributed by atoms with Crippen LogP contribution in [-0.4, -0.2) is 23.5 Å². The fraction of sp³-hybridized carbons (Fsp3) is 0.414. The highest BCUT2D eigenvalue weighted by molar-refractivity contribution is 5.86. The van der Waals surface area contributed by atoms with Gasteiger partial charge in [-0.25, -0.2) is 4.58 Å². The molecule has 0 saturated heterocycles. The van der Waals surface area contributed by atoms with Gasteiger partial charge in [-0.3, -0.25) is 0 Å². The molecular weight excluding hydrogens is 419 g/mol. The van der Waals surface area contributed by atoms with Crippen LogP contribution in [0.15, 0.2) is 72.8 Å². The Bertz CT molecular complexity index is 1070. The molecule has 1 aliphatic rings. The number of nitrogens with zero attached hydrogens (tertiary/aromatic N) is 1. The smallest absolute Gasteiger partial charge is 0.229 e. The first-order valence-corrected chi connectivity index (χ1v) is 12.1. The summed E-state index contributed by atoms with van der Waals surface area (Å²) >= 11 is 0. The SMILES string of the molecule is C[C@H](c1cccc2ccccc12)[N+](=Cc1ccccc1)CCCC1CCCC(C(F)(F)F)C1. The monoisotopic (exact) mass is 452 g/mol. The number of rotatable bonds is 7. The minimum absolute atomic E-state index is 0.158. The Morgan fingerprint density at radius 2 is 1.67 bits per heavy atom. The van der Waals surface area contributed by atoms with E-state index in [4.69, 9.17) is 0 Å². The molecule has 0 spiro atoms. The van der Waals surface area contributed by atoms with Gasteiger partial charge in [-0.1, -0.05) is 73.5 Å². The molecular formula is C29H33F3N+. The molecule has 33 heavy (non-hydrogen) atoms. The second kappa shape index (κ2) is 10.5. The summed E-state index contributed by atoms with van der Waals surface area (Å²) in [6.07, 6.45) is 2.12. The molecule has 4 heteroatoms. The van der Waals surface area contributed by atoms with Crippen molar-refractivity contribution in [2.24, 2.45) is 11.8 Å². The van der Waals surface area contributed by atoms with E-state index in [0.29, 0.717) is 19.3 Å². The van der Waals surface area contributed by atoms with Gasteiger partial charge in [-0.15, -0.1) is 0 Å². The molecule has 1 nitrogen and oxygen atoms in total. The number of hydrogen-bond acceptors (Lipinski definition) is 0. The molecule has 0 bridgehead atoms. The van der Waals surface area contributed by atoms with Crippen LogP contribution in [0.3, 0.4) is 0 Å². The summed E-state index contributed by atoms with van der Waals surface area (Å²) in [5, 5.41) is 2.47. The van der Waals surface area contributed by atoms with Crippen LogP contribution in [-0.2, 0) is 0 Å². The Kier molecular flexibility index (Phi) is 7.52. The highest BCUT2D eigenvalue weighted by atomic mass is 19.4. The zero-order valence-corrected chi connectivity index (χ0v) is 19.3. The summed E-state index contributed by atoms with van der Waals surface area (Å²) in [5.74, 6) is -0.936. The standard InChI is InChI=1S/C29H33F3N/c1-22(27-18-8-15-25-14-5-6-17-28(25)27)33(21-24-10-3-2-4-11-24)19-9-13-23-12-7-16-26(20-23)29(30,31)32/h2-6,8,10-11,14-15,17-18,21-23,26H,7,9,12-13,16,19-20H2,1H3/q+1/t22-,23?,26?/m1/s1. The first kappa shape index (κ1) is 23.5. The molecule has 1 saturated carbocycles. The summed E-state index contributed by atoms with van der Waals surface area (Å²) in [6, 6.07) is 25.3. The third-order valence-electron chi connectivity index (χ3n) is 7.16. The average molecular weight is 453 g/mol. The Morgan fingerprint density at radius 3 is 2.45 bits per heavy atom. The third kappa shape index (κ3) is 6.04. The molecule has 0 amide bonds. The van der Waals surface area contributed by atoms with Crippen molar-refractivity contribution in [3.63, 3.8) is 0 Å². The van der Waals surface area contributed by atoms with Gasteiger partial charge in [0.25, 0.3) is 0 Å². The molecule has 3 aromatic rings. The molecule has 4 rings (SSSR count). The van der Waals surface area contributed by atoms with E-state index in [1.54, 1.807) is 0 Å². The molecule has 3 aromatic carbocycles. The van der Waals surface area contributed by atoms with E-state index >= 15 is 0 Å². The van der Waals surface area contributed by atoms with Gasteiger partial charge < -0.3 is 0 Å². The highest BCUT2D eigenvalue weighted by Crippen LogP contribution is 2.41. The van der Waals surface area contributed by atoms with E-state index < -0.39 is 12.1 Å². The lowest BCUT2D eigenvalue weighted by atomic mass is 9.79. The molecule has 1 aliphatic carbocycles. The Hall–Kier alpha value is -2.62. The van der Waals surface area contributed by atoms with Crippen molar-refractivity contribution in [2.45, 2.75) is 57.7 Å². The number of alkyl halides is 3. The van der Waals surface area contributed by atoms with Crippen LogP contribution < -0.4 is 0 Å². The molecule has 0 heterocycles. The molecule has 174 valence electrons. The molecule has 0 aromatic heterocycles. The van der Waals surface area contributed by atoms with Crippen LogP contribution in [0.25, 0.3) is 10.8 Å². The van der Waals surface area contributed by atoms with Crippen LogP contribution in [0.4, 0.5) is 13.2 Å². The lowest BCUT2D eigenvalue weighted by molar-refractivity contribution is -0.564. The number of hydrogen-bond donors (Lipinski definition) is 0. The topological polar surface area (TPSA) is 3.01 Å². The minimum atomic E-state index is -4.05. The van der Waals surface area contributed by atoms with E-state index in [2.05, 4.69) is 72.3 Å². The number of fused-ring (bicyclic) bond motifs is 1. The fourth-order valence-corrected chi connectivity index (χ4v) is 5.31. The Morgan fingerprint density at radius 1 is 0.939 bits per heavy atom. The lowest BCUT2D eigenvalue weighted by Gasteiger charge is -2.30. The van der Waals surface area contributed by atoms with Gasteiger partial charge >= 0.3 is 6.18 Å². The van der Waals surface area contributed by atoms with E-state index in [-0.39, 0.29) is 12.0 Å². The fourth-order valence-electron chi connectivity index (χ4n) is 5.31. The predicted molar refractivity (Wildman–Crippen MR) is 130 cm³/mol. The molecule has 1 fully saturated rings. The molecule has 0 radical (unpaired) electrons. The van der Waals surface area contributed by atoms with Crippen molar-refractivity contribution >= 4 is 17.0 Å². The van der Waals surface area contributed by atoms with Crippen LogP contribution in [0.5, 0.6) is 0 Å². The molecule has 0 N–H and O–H groups in total. The quantitative estimate of drug-likeness (QED) is 0.251. The second-order valence-corrected chi connectivity index (χ2v) is 9.44. The van der Waals surface area contributed by atoms with Gasteiger partial charge in [0.05, 0.1) is 5.92 Å². The molecule has 0 aliphatic heterocycles. The van der Waals surface area contributed by atoms with E-state index in [1.807, 2.05) is 18.2 Å². The summed E-state index contributed by atoms with van der Waals surface area (Å²) in [4.78, 5) is 0. The minimum Gasteiger partial charge on any atom is -0.229 e. The maximum atomic E-state index is 13.2. The first-order chi connectivity index (χ1) is 15.9. The number of halogens is 3. The summed E-state index contributed by atoms with van der Waals surface area (Å²) in [6.45, 7) is 3.05. The summed E-state index contributed by atoms with van der Waals surface area (Å²) in [7, 11) is 0. The van der Waals surface area contributed by atoms with Crippen molar-refractivity contribution in [1.82, 2.24) is 0 Å².